The van der Waals surface area contributed by atoms with E-state index in [1.54, 1.807) is 0 Å². The van der Waals surface area contributed by atoms with Crippen molar-refractivity contribution in [2.45, 2.75) is 52.6 Å². The summed E-state index contributed by atoms with van der Waals surface area (Å²) in [4.78, 5) is 12.2. The molecule has 0 fully saturated rings. The first-order valence-corrected chi connectivity index (χ1v) is 7.93. The highest BCUT2D eigenvalue weighted by Crippen LogP contribution is 2.08. The van der Waals surface area contributed by atoms with Gasteiger partial charge in [-0.2, -0.15) is 12.6 Å². The Bertz CT molecular complexity index is 249. The largest absolute Gasteiger partial charge is 0.355 e. The standard InChI is InChI=1S/C14H31N3OS/c1-5-11(4)13(17-8-12(15)9-19)14(18)16-7-6-10(2)3/h10-13,17,19H,5-9,15H2,1-4H3,(H,16,18)/t11?,12?,13-/m0/s1. The van der Waals surface area contributed by atoms with Gasteiger partial charge in [0.2, 0.25) is 5.91 Å². The molecular formula is C14H31N3OS. The van der Waals surface area contributed by atoms with Crippen molar-refractivity contribution >= 4 is 18.5 Å². The number of nitrogens with one attached hydrogen (secondary N) is 2. The number of carbonyl (C=O) groups is 1. The van der Waals surface area contributed by atoms with E-state index in [4.69, 9.17) is 5.73 Å². The van der Waals surface area contributed by atoms with Gasteiger partial charge in [0.15, 0.2) is 0 Å². The van der Waals surface area contributed by atoms with Crippen LogP contribution in [0.4, 0.5) is 0 Å². The summed E-state index contributed by atoms with van der Waals surface area (Å²) in [6.07, 6.45) is 1.97. The molecule has 5 heteroatoms. The highest BCUT2D eigenvalue weighted by Gasteiger charge is 2.23. The molecule has 4 nitrogen and oxygen atoms in total. The monoisotopic (exact) mass is 289 g/mol. The van der Waals surface area contributed by atoms with Gasteiger partial charge >= 0.3 is 0 Å². The second kappa shape index (κ2) is 10.5. The summed E-state index contributed by atoms with van der Waals surface area (Å²) in [5.41, 5.74) is 5.83. The third kappa shape index (κ3) is 8.50. The van der Waals surface area contributed by atoms with Gasteiger partial charge < -0.3 is 16.4 Å². The van der Waals surface area contributed by atoms with Gasteiger partial charge in [-0.3, -0.25) is 4.79 Å². The van der Waals surface area contributed by atoms with E-state index >= 15 is 0 Å². The lowest BCUT2D eigenvalue weighted by Gasteiger charge is -2.25. The van der Waals surface area contributed by atoms with Crippen molar-refractivity contribution in [2.75, 3.05) is 18.8 Å². The first kappa shape index (κ1) is 18.7. The maximum atomic E-state index is 12.2. The molecule has 2 unspecified atom stereocenters. The second-order valence-corrected chi connectivity index (χ2v) is 6.05. The molecule has 1 amide bonds. The molecule has 0 saturated carbocycles. The van der Waals surface area contributed by atoms with Crippen LogP contribution in [-0.2, 0) is 4.79 Å². The van der Waals surface area contributed by atoms with Crippen LogP contribution < -0.4 is 16.4 Å². The highest BCUT2D eigenvalue weighted by atomic mass is 32.1. The second-order valence-electron chi connectivity index (χ2n) is 5.69. The van der Waals surface area contributed by atoms with Gasteiger partial charge in [0.1, 0.15) is 0 Å². The van der Waals surface area contributed by atoms with Crippen molar-refractivity contribution < 1.29 is 4.79 Å². The number of rotatable bonds is 10. The summed E-state index contributed by atoms with van der Waals surface area (Å²) in [5.74, 6) is 1.61. The molecule has 0 rings (SSSR count). The van der Waals surface area contributed by atoms with E-state index in [-0.39, 0.29) is 18.0 Å². The highest BCUT2D eigenvalue weighted by molar-refractivity contribution is 7.80. The van der Waals surface area contributed by atoms with Crippen molar-refractivity contribution in [2.24, 2.45) is 17.6 Å². The summed E-state index contributed by atoms with van der Waals surface area (Å²) in [6, 6.07) is -0.179. The lowest BCUT2D eigenvalue weighted by molar-refractivity contribution is -0.124. The van der Waals surface area contributed by atoms with E-state index in [0.29, 0.717) is 24.1 Å². The van der Waals surface area contributed by atoms with E-state index < -0.39 is 0 Å². The lowest BCUT2D eigenvalue weighted by atomic mass is 9.98. The summed E-state index contributed by atoms with van der Waals surface area (Å²) in [5, 5.41) is 6.28. The predicted molar refractivity (Wildman–Crippen MR) is 85.5 cm³/mol. The Kier molecular flexibility index (Phi) is 10.4. The minimum Gasteiger partial charge on any atom is -0.355 e. The molecule has 0 saturated heterocycles. The van der Waals surface area contributed by atoms with Gasteiger partial charge in [-0.15, -0.1) is 0 Å². The van der Waals surface area contributed by atoms with E-state index in [1.165, 1.54) is 0 Å². The average Bonchev–Trinajstić information content (AvgIpc) is 2.37. The quantitative estimate of drug-likeness (QED) is 0.460. The van der Waals surface area contributed by atoms with Gasteiger partial charge in [-0.1, -0.05) is 34.1 Å². The molecule has 0 aliphatic carbocycles. The zero-order chi connectivity index (χ0) is 14.8. The Balaban J connectivity index is 4.27. The number of amides is 1. The molecule has 0 aromatic carbocycles. The Labute approximate surface area is 123 Å². The van der Waals surface area contributed by atoms with Crippen LogP contribution in [-0.4, -0.2) is 36.8 Å². The van der Waals surface area contributed by atoms with Gasteiger partial charge in [0, 0.05) is 24.9 Å². The molecule has 0 spiro atoms. The fraction of sp³-hybridized carbons (Fsp3) is 0.929. The SMILES string of the molecule is CCC(C)[C@H](NCC(N)CS)C(=O)NCCC(C)C. The average molecular weight is 289 g/mol. The molecular weight excluding hydrogens is 258 g/mol. The van der Waals surface area contributed by atoms with Crippen LogP contribution in [0.1, 0.15) is 40.5 Å². The molecule has 0 aromatic rings. The lowest BCUT2D eigenvalue weighted by Crippen LogP contribution is -2.51. The van der Waals surface area contributed by atoms with E-state index in [1.807, 2.05) is 0 Å². The molecule has 4 N–H and O–H groups in total. The summed E-state index contributed by atoms with van der Waals surface area (Å²) in [7, 11) is 0. The van der Waals surface area contributed by atoms with Crippen LogP contribution in [0.5, 0.6) is 0 Å². The third-order valence-corrected chi connectivity index (χ3v) is 3.82. The number of carbonyl (C=O) groups excluding carboxylic acids is 1. The van der Waals surface area contributed by atoms with Gasteiger partial charge in [0.05, 0.1) is 6.04 Å². The van der Waals surface area contributed by atoms with Crippen molar-refractivity contribution in [3.05, 3.63) is 0 Å². The Morgan fingerprint density at radius 3 is 2.42 bits per heavy atom. The number of nitrogens with two attached hydrogens (primary N) is 1. The van der Waals surface area contributed by atoms with Gasteiger partial charge in [-0.05, 0) is 18.3 Å². The first-order chi connectivity index (χ1) is 8.92. The van der Waals surface area contributed by atoms with Crippen molar-refractivity contribution in [1.82, 2.24) is 10.6 Å². The fourth-order valence-electron chi connectivity index (χ4n) is 1.72. The third-order valence-electron chi connectivity index (χ3n) is 3.35. The van der Waals surface area contributed by atoms with Crippen molar-refractivity contribution in [3.63, 3.8) is 0 Å². The van der Waals surface area contributed by atoms with Crippen LogP contribution in [0.3, 0.4) is 0 Å². The Morgan fingerprint density at radius 1 is 1.32 bits per heavy atom. The molecule has 0 bridgehead atoms. The zero-order valence-corrected chi connectivity index (χ0v) is 13.7. The van der Waals surface area contributed by atoms with Crippen LogP contribution in [0.2, 0.25) is 0 Å². The molecule has 114 valence electrons. The molecule has 3 atom stereocenters. The minimum absolute atomic E-state index is 0.0154. The summed E-state index contributed by atoms with van der Waals surface area (Å²) >= 11 is 4.16. The minimum atomic E-state index is -0.164. The predicted octanol–water partition coefficient (Wildman–Crippen LogP) is 1.41. The van der Waals surface area contributed by atoms with Crippen molar-refractivity contribution in [1.29, 1.82) is 0 Å². The summed E-state index contributed by atoms with van der Waals surface area (Å²) < 4.78 is 0. The maximum Gasteiger partial charge on any atom is 0.237 e. The van der Waals surface area contributed by atoms with Crippen molar-refractivity contribution in [3.8, 4) is 0 Å². The maximum absolute atomic E-state index is 12.2. The molecule has 0 aliphatic rings. The number of thiol groups is 1. The zero-order valence-electron chi connectivity index (χ0n) is 12.8. The Morgan fingerprint density at radius 2 is 1.95 bits per heavy atom. The number of hydrogen-bond acceptors (Lipinski definition) is 4. The van der Waals surface area contributed by atoms with E-state index in [2.05, 4.69) is 51.0 Å². The fourth-order valence-corrected chi connectivity index (χ4v) is 1.85. The molecule has 0 aromatic heterocycles. The first-order valence-electron chi connectivity index (χ1n) is 7.29. The van der Waals surface area contributed by atoms with E-state index in [9.17, 15) is 4.79 Å². The van der Waals surface area contributed by atoms with E-state index in [0.717, 1.165) is 19.4 Å². The normalized spacial score (nSPS) is 16.2. The van der Waals surface area contributed by atoms with Crippen LogP contribution in [0.15, 0.2) is 0 Å². The van der Waals surface area contributed by atoms with Gasteiger partial charge in [-0.25, -0.2) is 0 Å². The molecule has 19 heavy (non-hydrogen) atoms. The van der Waals surface area contributed by atoms with Gasteiger partial charge in [0.25, 0.3) is 0 Å². The summed E-state index contributed by atoms with van der Waals surface area (Å²) in [6.45, 7) is 9.86. The van der Waals surface area contributed by atoms with Crippen LogP contribution in [0.25, 0.3) is 0 Å². The molecule has 0 aliphatic heterocycles. The number of hydrogen-bond donors (Lipinski definition) is 4. The molecule has 0 radical (unpaired) electrons. The Hall–Kier alpha value is -0.260. The topological polar surface area (TPSA) is 67.1 Å². The molecule has 0 heterocycles. The smallest absolute Gasteiger partial charge is 0.237 e. The van der Waals surface area contributed by atoms with Crippen LogP contribution >= 0.6 is 12.6 Å². The van der Waals surface area contributed by atoms with Crippen LogP contribution in [0, 0.1) is 11.8 Å².